The molecule has 0 saturated carbocycles. The van der Waals surface area contributed by atoms with Crippen molar-refractivity contribution in [3.8, 4) is 0 Å². The third-order valence-electron chi connectivity index (χ3n) is 2.77. The van der Waals surface area contributed by atoms with Crippen LogP contribution in [0.2, 0.25) is 5.02 Å². The van der Waals surface area contributed by atoms with Crippen LogP contribution in [0.1, 0.15) is 5.56 Å². The summed E-state index contributed by atoms with van der Waals surface area (Å²) < 4.78 is 5.07. The second-order valence-corrected chi connectivity index (χ2v) is 4.50. The lowest BCUT2D eigenvalue weighted by Gasteiger charge is -2.12. The maximum absolute atomic E-state index is 11.5. The molecule has 17 heavy (non-hydrogen) atoms. The van der Waals surface area contributed by atoms with Crippen molar-refractivity contribution < 1.29 is 9.53 Å². The molecule has 92 valence electrons. The van der Waals surface area contributed by atoms with E-state index in [2.05, 4.69) is 0 Å². The van der Waals surface area contributed by atoms with Gasteiger partial charge in [-0.15, -0.1) is 0 Å². The smallest absolute Gasteiger partial charge is 0.410 e. The molecule has 1 heterocycles. The number of benzene rings is 1. The van der Waals surface area contributed by atoms with Crippen molar-refractivity contribution in [3.05, 3.63) is 34.9 Å². The molecule has 1 atom stereocenters. The van der Waals surface area contributed by atoms with Gasteiger partial charge in [-0.1, -0.05) is 23.7 Å². The van der Waals surface area contributed by atoms with Crippen molar-refractivity contribution in [2.45, 2.75) is 12.5 Å². The minimum atomic E-state index is -0.275. The second kappa shape index (κ2) is 5.38. The van der Waals surface area contributed by atoms with E-state index in [1.54, 1.807) is 4.90 Å². The Morgan fingerprint density at radius 1 is 1.53 bits per heavy atom. The molecular formula is C12H15ClN2O2. The Balaban J connectivity index is 1.88. The van der Waals surface area contributed by atoms with Crippen LogP contribution >= 0.6 is 11.6 Å². The van der Waals surface area contributed by atoms with Gasteiger partial charge in [-0.05, 0) is 24.1 Å². The second-order valence-electron chi connectivity index (χ2n) is 4.07. The van der Waals surface area contributed by atoms with E-state index in [1.165, 1.54) is 0 Å². The lowest BCUT2D eigenvalue weighted by Crippen LogP contribution is -2.29. The third kappa shape index (κ3) is 3.11. The lowest BCUT2D eigenvalue weighted by atomic mass is 10.1. The first-order valence-corrected chi connectivity index (χ1v) is 5.97. The Kier molecular flexibility index (Phi) is 3.86. The lowest BCUT2D eigenvalue weighted by molar-refractivity contribution is 0.135. The van der Waals surface area contributed by atoms with Gasteiger partial charge in [0.05, 0.1) is 6.54 Å². The quantitative estimate of drug-likeness (QED) is 0.889. The number of carbonyl (C=O) groups excluding carboxylic acids is 1. The van der Waals surface area contributed by atoms with Gasteiger partial charge in [0, 0.05) is 18.1 Å². The summed E-state index contributed by atoms with van der Waals surface area (Å²) >= 11 is 5.89. The first-order chi connectivity index (χ1) is 8.19. The summed E-state index contributed by atoms with van der Waals surface area (Å²) in [6.07, 6.45) is 0.330. The molecule has 1 saturated heterocycles. The van der Waals surface area contributed by atoms with Crippen LogP contribution in [0.3, 0.4) is 0 Å². The summed E-state index contributed by atoms with van der Waals surface area (Å²) in [4.78, 5) is 13.1. The first-order valence-electron chi connectivity index (χ1n) is 5.59. The topological polar surface area (TPSA) is 55.6 Å². The molecule has 1 fully saturated rings. The van der Waals surface area contributed by atoms with Gasteiger partial charge in [-0.3, -0.25) is 0 Å². The Bertz CT molecular complexity index is 411. The average molecular weight is 255 g/mol. The van der Waals surface area contributed by atoms with E-state index < -0.39 is 0 Å². The molecule has 2 N–H and O–H groups in total. The monoisotopic (exact) mass is 254 g/mol. The number of halogens is 1. The third-order valence-corrected chi connectivity index (χ3v) is 3.01. The highest BCUT2D eigenvalue weighted by atomic mass is 35.5. The zero-order chi connectivity index (χ0) is 12.3. The molecular weight excluding hydrogens is 240 g/mol. The van der Waals surface area contributed by atoms with Crippen molar-refractivity contribution in [1.82, 2.24) is 4.90 Å². The number of rotatable bonds is 4. The van der Waals surface area contributed by atoms with Gasteiger partial charge < -0.3 is 15.4 Å². The van der Waals surface area contributed by atoms with E-state index in [0.29, 0.717) is 24.7 Å². The molecule has 0 aliphatic carbocycles. The SMILES string of the molecule is NC[C@@H]1CN(CCc2cccc(Cl)c2)C(=O)O1. The van der Waals surface area contributed by atoms with E-state index >= 15 is 0 Å². The Morgan fingerprint density at radius 3 is 3.00 bits per heavy atom. The maximum atomic E-state index is 11.5. The number of hydrogen-bond donors (Lipinski definition) is 1. The number of carbonyl (C=O) groups is 1. The van der Waals surface area contributed by atoms with E-state index in [1.807, 2.05) is 24.3 Å². The number of cyclic esters (lactones) is 1. The predicted molar refractivity (Wildman–Crippen MR) is 66.1 cm³/mol. The Labute approximate surface area is 105 Å². The minimum absolute atomic E-state index is 0.165. The zero-order valence-corrected chi connectivity index (χ0v) is 10.2. The van der Waals surface area contributed by atoms with Crippen LogP contribution < -0.4 is 5.73 Å². The zero-order valence-electron chi connectivity index (χ0n) is 9.43. The fraction of sp³-hybridized carbons (Fsp3) is 0.417. The fourth-order valence-corrected chi connectivity index (χ4v) is 2.05. The summed E-state index contributed by atoms with van der Waals surface area (Å²) in [5, 5.41) is 0.714. The molecule has 0 spiro atoms. The van der Waals surface area contributed by atoms with Crippen molar-refractivity contribution in [2.75, 3.05) is 19.6 Å². The van der Waals surface area contributed by atoms with Crippen LogP contribution in [0, 0.1) is 0 Å². The van der Waals surface area contributed by atoms with E-state index in [0.717, 1.165) is 12.0 Å². The summed E-state index contributed by atoms with van der Waals surface area (Å²) in [7, 11) is 0. The Morgan fingerprint density at radius 2 is 2.35 bits per heavy atom. The number of nitrogens with two attached hydrogens (primary N) is 1. The fourth-order valence-electron chi connectivity index (χ4n) is 1.84. The highest BCUT2D eigenvalue weighted by Gasteiger charge is 2.29. The predicted octanol–water partition coefficient (Wildman–Crippen LogP) is 1.66. The minimum Gasteiger partial charge on any atom is -0.443 e. The molecule has 0 radical (unpaired) electrons. The van der Waals surface area contributed by atoms with Gasteiger partial charge in [0.15, 0.2) is 0 Å². The summed E-state index contributed by atoms with van der Waals surface area (Å²) in [5.74, 6) is 0. The van der Waals surface area contributed by atoms with Crippen LogP contribution in [-0.2, 0) is 11.2 Å². The Hall–Kier alpha value is -1.26. The van der Waals surface area contributed by atoms with E-state index in [4.69, 9.17) is 22.1 Å². The van der Waals surface area contributed by atoms with Crippen molar-refractivity contribution in [3.63, 3.8) is 0 Å². The average Bonchev–Trinajstić information content (AvgIpc) is 2.68. The van der Waals surface area contributed by atoms with Crippen molar-refractivity contribution in [2.24, 2.45) is 5.73 Å². The molecule has 5 heteroatoms. The molecule has 0 aromatic heterocycles. The summed E-state index contributed by atoms with van der Waals surface area (Å²) in [6.45, 7) is 1.59. The molecule has 1 amide bonds. The molecule has 4 nitrogen and oxygen atoms in total. The molecule has 1 aliphatic heterocycles. The van der Waals surface area contributed by atoms with Crippen LogP contribution in [0.15, 0.2) is 24.3 Å². The van der Waals surface area contributed by atoms with Gasteiger partial charge in [0.25, 0.3) is 0 Å². The normalized spacial score (nSPS) is 19.5. The van der Waals surface area contributed by atoms with Crippen LogP contribution in [0.25, 0.3) is 0 Å². The molecule has 1 aliphatic rings. The summed E-state index contributed by atoms with van der Waals surface area (Å²) in [6, 6.07) is 7.64. The van der Waals surface area contributed by atoms with Crippen LogP contribution in [-0.4, -0.2) is 36.7 Å². The number of amides is 1. The van der Waals surface area contributed by atoms with Gasteiger partial charge in [0.1, 0.15) is 6.10 Å². The molecule has 1 aromatic carbocycles. The highest BCUT2D eigenvalue weighted by molar-refractivity contribution is 6.30. The van der Waals surface area contributed by atoms with E-state index in [-0.39, 0.29) is 12.2 Å². The van der Waals surface area contributed by atoms with Gasteiger partial charge in [0.2, 0.25) is 0 Å². The van der Waals surface area contributed by atoms with Gasteiger partial charge >= 0.3 is 6.09 Å². The molecule has 0 unspecified atom stereocenters. The molecule has 1 aromatic rings. The molecule has 0 bridgehead atoms. The number of hydrogen-bond acceptors (Lipinski definition) is 3. The van der Waals surface area contributed by atoms with Gasteiger partial charge in [-0.25, -0.2) is 4.79 Å². The number of ether oxygens (including phenoxy) is 1. The van der Waals surface area contributed by atoms with Crippen molar-refractivity contribution in [1.29, 1.82) is 0 Å². The molecule has 2 rings (SSSR count). The maximum Gasteiger partial charge on any atom is 0.410 e. The van der Waals surface area contributed by atoms with Crippen LogP contribution in [0.4, 0.5) is 4.79 Å². The number of nitrogens with zero attached hydrogens (tertiary/aromatic N) is 1. The first kappa shape index (κ1) is 12.2. The highest BCUT2D eigenvalue weighted by Crippen LogP contribution is 2.14. The largest absolute Gasteiger partial charge is 0.443 e. The van der Waals surface area contributed by atoms with E-state index in [9.17, 15) is 4.79 Å². The van der Waals surface area contributed by atoms with Crippen molar-refractivity contribution >= 4 is 17.7 Å². The van der Waals surface area contributed by atoms with Gasteiger partial charge in [-0.2, -0.15) is 0 Å². The summed E-state index contributed by atoms with van der Waals surface area (Å²) in [5.41, 5.74) is 6.58. The van der Waals surface area contributed by atoms with Crippen LogP contribution in [0.5, 0.6) is 0 Å². The standard InChI is InChI=1S/C12H15ClN2O2/c13-10-3-1-2-9(6-10)4-5-15-8-11(7-14)17-12(15)16/h1-3,6,11H,4-5,7-8,14H2/t11-/m1/s1.